The summed E-state index contributed by atoms with van der Waals surface area (Å²) in [4.78, 5) is 38.1. The van der Waals surface area contributed by atoms with Crippen LogP contribution < -0.4 is 0 Å². The van der Waals surface area contributed by atoms with Crippen molar-refractivity contribution in [3.63, 3.8) is 0 Å². The average molecular weight is 907 g/mol. The molecule has 0 saturated heterocycles. The van der Waals surface area contributed by atoms with E-state index in [4.69, 9.17) is 14.2 Å². The summed E-state index contributed by atoms with van der Waals surface area (Å²) < 4.78 is 16.8. The average Bonchev–Trinajstić information content (AvgIpc) is 3.30. The van der Waals surface area contributed by atoms with Crippen molar-refractivity contribution in [1.29, 1.82) is 0 Å². The molecule has 0 aliphatic heterocycles. The Morgan fingerprint density at radius 2 is 0.600 bits per heavy atom. The van der Waals surface area contributed by atoms with Crippen LogP contribution in [0, 0.1) is 0 Å². The molecule has 0 unspecified atom stereocenters. The summed E-state index contributed by atoms with van der Waals surface area (Å²) in [5, 5.41) is 0. The van der Waals surface area contributed by atoms with Gasteiger partial charge in [0.2, 0.25) is 0 Å². The smallest absolute Gasteiger partial charge is 0.306 e. The Bertz CT molecular complexity index is 1170. The Morgan fingerprint density at radius 3 is 0.954 bits per heavy atom. The monoisotopic (exact) mass is 907 g/mol. The van der Waals surface area contributed by atoms with Gasteiger partial charge in [0.05, 0.1) is 0 Å². The van der Waals surface area contributed by atoms with Gasteiger partial charge >= 0.3 is 17.9 Å². The third kappa shape index (κ3) is 51.7. The molecule has 65 heavy (non-hydrogen) atoms. The van der Waals surface area contributed by atoms with Crippen LogP contribution in [-0.4, -0.2) is 37.2 Å². The second kappa shape index (κ2) is 53.5. The normalized spacial score (nSPS) is 12.2. The number of carbonyl (C=O) groups is 3. The Hall–Kier alpha value is -3.15. The number of unbranched alkanes of at least 4 members (excludes halogenated alkanes) is 26. The van der Waals surface area contributed by atoms with E-state index in [9.17, 15) is 14.4 Å². The van der Waals surface area contributed by atoms with Gasteiger partial charge in [-0.15, -0.1) is 0 Å². The molecule has 374 valence electrons. The molecule has 0 fully saturated rings. The molecule has 0 radical (unpaired) electrons. The van der Waals surface area contributed by atoms with Crippen LogP contribution in [-0.2, 0) is 28.6 Å². The fourth-order valence-electron chi connectivity index (χ4n) is 7.54. The standard InChI is InChI=1S/C59H102O6/c1-4-7-10-13-16-19-22-25-28-29-32-35-38-41-44-47-50-53-59(62)65-56(54-63-57(60)51-48-45-42-39-36-33-30-26-23-20-17-14-11-8-5-2)55-64-58(61)52-49-46-43-40-37-34-31-27-24-21-18-15-12-9-6-3/h7,10,16,19,25-28,30-32,35,56H,4-6,8-9,11-15,17-18,20-24,29,33-34,36-55H2,1-3H3/b10-7-,19-16-,28-25-,30-26-,31-27-,35-32-. The quantitative estimate of drug-likeness (QED) is 0.0262. The molecule has 6 heteroatoms. The van der Waals surface area contributed by atoms with Crippen molar-refractivity contribution < 1.29 is 28.6 Å². The van der Waals surface area contributed by atoms with E-state index in [1.54, 1.807) is 0 Å². The van der Waals surface area contributed by atoms with Gasteiger partial charge in [-0.2, -0.15) is 0 Å². The summed E-state index contributed by atoms with van der Waals surface area (Å²) in [5.41, 5.74) is 0. The summed E-state index contributed by atoms with van der Waals surface area (Å²) in [6, 6.07) is 0. The second-order valence-corrected chi connectivity index (χ2v) is 18.1. The molecular weight excluding hydrogens is 805 g/mol. The van der Waals surface area contributed by atoms with Crippen LogP contribution in [0.5, 0.6) is 0 Å². The van der Waals surface area contributed by atoms with E-state index in [0.717, 1.165) is 109 Å². The molecule has 0 atom stereocenters. The van der Waals surface area contributed by atoms with E-state index >= 15 is 0 Å². The van der Waals surface area contributed by atoms with Gasteiger partial charge in [0, 0.05) is 19.3 Å². The Morgan fingerprint density at radius 1 is 0.323 bits per heavy atom. The highest BCUT2D eigenvalue weighted by Gasteiger charge is 2.19. The maximum absolute atomic E-state index is 12.8. The highest BCUT2D eigenvalue weighted by molar-refractivity contribution is 5.71. The van der Waals surface area contributed by atoms with Crippen LogP contribution in [0.25, 0.3) is 0 Å². The van der Waals surface area contributed by atoms with Crippen molar-refractivity contribution >= 4 is 17.9 Å². The largest absolute Gasteiger partial charge is 0.462 e. The molecule has 0 aromatic rings. The van der Waals surface area contributed by atoms with Crippen LogP contribution in [0.15, 0.2) is 72.9 Å². The Balaban J connectivity index is 4.45. The molecule has 0 aliphatic carbocycles. The zero-order valence-electron chi connectivity index (χ0n) is 42.7. The SMILES string of the molecule is CC/C=C\C/C=C\C/C=C\C/C=C\CCCCCCC(=O)OC(COC(=O)CCCCCCC/C=C\CCCCCCCC)COC(=O)CCCCCCC/C=C\CCCCCCCC. The molecule has 0 aliphatic rings. The van der Waals surface area contributed by atoms with E-state index in [1.165, 1.54) is 116 Å². The number of carbonyl (C=O) groups excluding carboxylic acids is 3. The molecular formula is C59H102O6. The number of esters is 3. The van der Waals surface area contributed by atoms with Crippen molar-refractivity contribution in [3.8, 4) is 0 Å². The molecule has 0 heterocycles. The lowest BCUT2D eigenvalue weighted by Gasteiger charge is -2.18. The van der Waals surface area contributed by atoms with Gasteiger partial charge in [0.15, 0.2) is 6.10 Å². The van der Waals surface area contributed by atoms with E-state index in [1.807, 2.05) is 0 Å². The number of hydrogen-bond donors (Lipinski definition) is 0. The number of allylic oxidation sites excluding steroid dienone is 12. The zero-order chi connectivity index (χ0) is 47.2. The summed E-state index contributed by atoms with van der Waals surface area (Å²) in [7, 11) is 0. The van der Waals surface area contributed by atoms with E-state index < -0.39 is 6.10 Å². The first-order valence-corrected chi connectivity index (χ1v) is 27.4. The fourth-order valence-corrected chi connectivity index (χ4v) is 7.54. The molecule has 6 nitrogen and oxygen atoms in total. The van der Waals surface area contributed by atoms with Crippen molar-refractivity contribution in [1.82, 2.24) is 0 Å². The van der Waals surface area contributed by atoms with Crippen molar-refractivity contribution in [3.05, 3.63) is 72.9 Å². The second-order valence-electron chi connectivity index (χ2n) is 18.1. The molecule has 0 aromatic carbocycles. The van der Waals surface area contributed by atoms with Gasteiger partial charge in [-0.1, -0.05) is 209 Å². The van der Waals surface area contributed by atoms with E-state index in [2.05, 4.69) is 93.7 Å². The van der Waals surface area contributed by atoms with Gasteiger partial charge in [0.25, 0.3) is 0 Å². The molecule has 0 N–H and O–H groups in total. The maximum Gasteiger partial charge on any atom is 0.306 e. The summed E-state index contributed by atoms with van der Waals surface area (Å²) >= 11 is 0. The number of ether oxygens (including phenoxy) is 3. The van der Waals surface area contributed by atoms with Gasteiger partial charge in [-0.05, 0) is 109 Å². The summed E-state index contributed by atoms with van der Waals surface area (Å²) in [6.07, 6.45) is 67.4. The van der Waals surface area contributed by atoms with Crippen molar-refractivity contribution in [2.24, 2.45) is 0 Å². The summed E-state index contributed by atoms with van der Waals surface area (Å²) in [6.45, 7) is 6.49. The lowest BCUT2D eigenvalue weighted by molar-refractivity contribution is -0.167. The van der Waals surface area contributed by atoms with Crippen LogP contribution >= 0.6 is 0 Å². The van der Waals surface area contributed by atoms with E-state index in [0.29, 0.717) is 19.3 Å². The third-order valence-corrected chi connectivity index (χ3v) is 11.7. The minimum atomic E-state index is -0.795. The van der Waals surface area contributed by atoms with Crippen molar-refractivity contribution in [2.45, 2.75) is 271 Å². The maximum atomic E-state index is 12.8. The van der Waals surface area contributed by atoms with Crippen LogP contribution in [0.2, 0.25) is 0 Å². The predicted molar refractivity (Wildman–Crippen MR) is 279 cm³/mol. The number of rotatable bonds is 49. The Kier molecular flexibility index (Phi) is 50.9. The highest BCUT2D eigenvalue weighted by atomic mass is 16.6. The molecule has 0 rings (SSSR count). The highest BCUT2D eigenvalue weighted by Crippen LogP contribution is 2.14. The molecule has 0 bridgehead atoms. The van der Waals surface area contributed by atoms with Gasteiger partial charge in [-0.25, -0.2) is 0 Å². The predicted octanol–water partition coefficient (Wildman–Crippen LogP) is 18.2. The molecule has 0 spiro atoms. The van der Waals surface area contributed by atoms with Gasteiger partial charge in [-0.3, -0.25) is 14.4 Å². The minimum absolute atomic E-state index is 0.0921. The zero-order valence-corrected chi connectivity index (χ0v) is 42.7. The third-order valence-electron chi connectivity index (χ3n) is 11.7. The minimum Gasteiger partial charge on any atom is -0.462 e. The lowest BCUT2D eigenvalue weighted by Crippen LogP contribution is -2.30. The molecule has 0 saturated carbocycles. The van der Waals surface area contributed by atoms with Crippen molar-refractivity contribution in [2.75, 3.05) is 13.2 Å². The first kappa shape index (κ1) is 61.9. The fraction of sp³-hybridized carbons (Fsp3) is 0.746. The van der Waals surface area contributed by atoms with Gasteiger partial charge < -0.3 is 14.2 Å². The van der Waals surface area contributed by atoms with Crippen LogP contribution in [0.4, 0.5) is 0 Å². The molecule has 0 amide bonds. The van der Waals surface area contributed by atoms with Crippen LogP contribution in [0.3, 0.4) is 0 Å². The topological polar surface area (TPSA) is 78.9 Å². The summed E-state index contributed by atoms with van der Waals surface area (Å²) in [5.74, 6) is -0.927. The van der Waals surface area contributed by atoms with E-state index in [-0.39, 0.29) is 31.1 Å². The lowest BCUT2D eigenvalue weighted by atomic mass is 10.1. The number of hydrogen-bond acceptors (Lipinski definition) is 6. The first-order chi connectivity index (χ1) is 32.0. The Labute approximate surface area is 402 Å². The van der Waals surface area contributed by atoms with Crippen LogP contribution in [0.1, 0.15) is 265 Å². The first-order valence-electron chi connectivity index (χ1n) is 27.4. The molecule has 0 aromatic heterocycles. The van der Waals surface area contributed by atoms with Gasteiger partial charge in [0.1, 0.15) is 13.2 Å².